The summed E-state index contributed by atoms with van der Waals surface area (Å²) in [6.45, 7) is 0.756. The molecule has 0 aliphatic heterocycles. The van der Waals surface area contributed by atoms with Crippen LogP contribution in [0.2, 0.25) is 0 Å². The first kappa shape index (κ1) is 23.0. The lowest BCUT2D eigenvalue weighted by atomic mass is 10.1. The van der Waals surface area contributed by atoms with Crippen molar-refractivity contribution in [3.8, 4) is 0 Å². The van der Waals surface area contributed by atoms with Gasteiger partial charge in [-0.05, 0) is 47.5 Å². The molecular formula is C26H24N4O3S. The summed E-state index contributed by atoms with van der Waals surface area (Å²) < 4.78 is 28.8. The van der Waals surface area contributed by atoms with E-state index in [4.69, 9.17) is 0 Å². The molecule has 4 rings (SSSR count). The molecule has 0 atom stereocenters. The fraction of sp³-hybridized carbons (Fsp3) is 0.0769. The van der Waals surface area contributed by atoms with Crippen molar-refractivity contribution in [2.75, 3.05) is 10.0 Å². The average Bonchev–Trinajstić information content (AvgIpc) is 2.87. The lowest BCUT2D eigenvalue weighted by Gasteiger charge is -2.14. The summed E-state index contributed by atoms with van der Waals surface area (Å²) in [6.07, 6.45) is 3.32. The summed E-state index contributed by atoms with van der Waals surface area (Å²) in [5.41, 5.74) is 3.06. The van der Waals surface area contributed by atoms with Crippen molar-refractivity contribution in [1.82, 2.24) is 10.3 Å². The predicted molar refractivity (Wildman–Crippen MR) is 133 cm³/mol. The highest BCUT2D eigenvalue weighted by Gasteiger charge is 2.19. The Kier molecular flexibility index (Phi) is 7.19. The molecule has 3 N–H and O–H groups in total. The topological polar surface area (TPSA) is 100 Å². The molecule has 1 heterocycles. The molecule has 172 valence electrons. The maximum atomic E-state index is 13.1. The van der Waals surface area contributed by atoms with E-state index >= 15 is 0 Å². The average molecular weight is 473 g/mol. The van der Waals surface area contributed by atoms with Gasteiger partial charge in [-0.1, -0.05) is 54.6 Å². The standard InChI is InChI=1S/C26H24N4O3S/c31-26(29-19-21-10-7-13-27-17-21)22-14-24(28-18-20-8-3-1-4-9-20)16-25(15-22)34(32,33)30-23-11-5-2-6-12-23/h1-17,28,30H,18-19H2,(H,29,31). The quantitative estimate of drug-likeness (QED) is 0.335. The van der Waals surface area contributed by atoms with Crippen LogP contribution in [0.25, 0.3) is 0 Å². The molecule has 1 aromatic heterocycles. The lowest BCUT2D eigenvalue weighted by Crippen LogP contribution is -2.23. The van der Waals surface area contributed by atoms with Gasteiger partial charge >= 0.3 is 0 Å². The van der Waals surface area contributed by atoms with E-state index < -0.39 is 10.0 Å². The first-order chi connectivity index (χ1) is 16.5. The molecule has 0 spiro atoms. The van der Waals surface area contributed by atoms with Gasteiger partial charge in [0.1, 0.15) is 0 Å². The minimum Gasteiger partial charge on any atom is -0.381 e. The van der Waals surface area contributed by atoms with Crippen molar-refractivity contribution in [2.24, 2.45) is 0 Å². The minimum absolute atomic E-state index is 0.0130. The molecule has 0 bridgehead atoms. The molecular weight excluding hydrogens is 448 g/mol. The Balaban J connectivity index is 1.60. The number of nitrogens with one attached hydrogen (secondary N) is 3. The maximum Gasteiger partial charge on any atom is 0.261 e. The largest absolute Gasteiger partial charge is 0.381 e. The predicted octanol–water partition coefficient (Wildman–Crippen LogP) is 4.42. The number of nitrogens with zero attached hydrogens (tertiary/aromatic N) is 1. The number of carbonyl (C=O) groups is 1. The number of hydrogen-bond donors (Lipinski definition) is 3. The van der Waals surface area contributed by atoms with E-state index in [1.54, 1.807) is 54.9 Å². The normalized spacial score (nSPS) is 10.9. The Morgan fingerprint density at radius 2 is 1.47 bits per heavy atom. The number of amides is 1. The van der Waals surface area contributed by atoms with Gasteiger partial charge in [-0.25, -0.2) is 8.42 Å². The zero-order valence-electron chi connectivity index (χ0n) is 18.3. The van der Waals surface area contributed by atoms with Crippen molar-refractivity contribution < 1.29 is 13.2 Å². The van der Waals surface area contributed by atoms with Crippen LogP contribution in [-0.2, 0) is 23.1 Å². The van der Waals surface area contributed by atoms with Gasteiger partial charge in [-0.15, -0.1) is 0 Å². The number of carbonyl (C=O) groups excluding carboxylic acids is 1. The van der Waals surface area contributed by atoms with Crippen LogP contribution in [0.15, 0.2) is 108 Å². The third kappa shape index (κ3) is 6.20. The molecule has 0 radical (unpaired) electrons. The maximum absolute atomic E-state index is 13.1. The summed E-state index contributed by atoms with van der Waals surface area (Å²) in [6, 6.07) is 26.5. The Morgan fingerprint density at radius 3 is 2.18 bits per heavy atom. The molecule has 0 saturated carbocycles. The summed E-state index contributed by atoms with van der Waals surface area (Å²) >= 11 is 0. The first-order valence-corrected chi connectivity index (χ1v) is 12.2. The number of pyridine rings is 1. The van der Waals surface area contributed by atoms with Gasteiger partial charge in [0.05, 0.1) is 4.90 Å². The minimum atomic E-state index is -3.92. The van der Waals surface area contributed by atoms with Crippen molar-refractivity contribution >= 4 is 27.3 Å². The van der Waals surface area contributed by atoms with Gasteiger partial charge < -0.3 is 10.6 Å². The van der Waals surface area contributed by atoms with Crippen LogP contribution in [0, 0.1) is 0 Å². The number of hydrogen-bond acceptors (Lipinski definition) is 5. The smallest absolute Gasteiger partial charge is 0.261 e. The molecule has 3 aromatic carbocycles. The molecule has 1 amide bonds. The Morgan fingerprint density at radius 1 is 0.765 bits per heavy atom. The van der Waals surface area contributed by atoms with E-state index in [0.29, 0.717) is 17.9 Å². The third-order valence-electron chi connectivity index (χ3n) is 5.02. The van der Waals surface area contributed by atoms with Gasteiger partial charge in [0, 0.05) is 42.4 Å². The second kappa shape index (κ2) is 10.6. The van der Waals surface area contributed by atoms with E-state index in [2.05, 4.69) is 20.3 Å². The third-order valence-corrected chi connectivity index (χ3v) is 6.38. The number of aromatic nitrogens is 1. The van der Waals surface area contributed by atoms with E-state index in [1.165, 1.54) is 12.1 Å². The summed E-state index contributed by atoms with van der Waals surface area (Å²) in [7, 11) is -3.92. The Bertz CT molecular complexity index is 1350. The molecule has 34 heavy (non-hydrogen) atoms. The first-order valence-electron chi connectivity index (χ1n) is 10.7. The van der Waals surface area contributed by atoms with Crippen molar-refractivity contribution in [3.63, 3.8) is 0 Å². The van der Waals surface area contributed by atoms with Gasteiger partial charge in [-0.3, -0.25) is 14.5 Å². The summed E-state index contributed by atoms with van der Waals surface area (Å²) in [5.74, 6) is -0.386. The molecule has 8 heteroatoms. The van der Waals surface area contributed by atoms with Crippen molar-refractivity contribution in [2.45, 2.75) is 18.0 Å². The van der Waals surface area contributed by atoms with Crippen LogP contribution < -0.4 is 15.4 Å². The zero-order valence-corrected chi connectivity index (χ0v) is 19.1. The van der Waals surface area contributed by atoms with E-state index in [0.717, 1.165) is 11.1 Å². The van der Waals surface area contributed by atoms with Gasteiger partial charge in [0.25, 0.3) is 15.9 Å². The summed E-state index contributed by atoms with van der Waals surface area (Å²) in [5, 5.41) is 6.05. The van der Waals surface area contributed by atoms with Crippen LogP contribution in [0.5, 0.6) is 0 Å². The molecule has 0 aliphatic rings. The van der Waals surface area contributed by atoms with Crippen molar-refractivity contribution in [1.29, 1.82) is 0 Å². The highest BCUT2D eigenvalue weighted by Crippen LogP contribution is 2.23. The Hall–Kier alpha value is -4.17. The van der Waals surface area contributed by atoms with Crippen LogP contribution in [0.3, 0.4) is 0 Å². The number of para-hydroxylation sites is 1. The Labute approximate surface area is 198 Å². The number of rotatable bonds is 9. The fourth-order valence-electron chi connectivity index (χ4n) is 3.29. The van der Waals surface area contributed by atoms with Crippen LogP contribution in [0.4, 0.5) is 11.4 Å². The van der Waals surface area contributed by atoms with Gasteiger partial charge in [0.2, 0.25) is 0 Å². The number of anilines is 2. The zero-order chi connectivity index (χ0) is 23.8. The monoisotopic (exact) mass is 472 g/mol. The van der Waals surface area contributed by atoms with Crippen molar-refractivity contribution in [3.05, 3.63) is 120 Å². The number of benzene rings is 3. The highest BCUT2D eigenvalue weighted by molar-refractivity contribution is 7.92. The number of sulfonamides is 1. The molecule has 4 aromatic rings. The second-order valence-electron chi connectivity index (χ2n) is 7.60. The molecule has 0 aliphatic carbocycles. The van der Waals surface area contributed by atoms with Gasteiger partial charge in [-0.2, -0.15) is 0 Å². The summed E-state index contributed by atoms with van der Waals surface area (Å²) in [4.78, 5) is 16.9. The fourth-order valence-corrected chi connectivity index (χ4v) is 4.42. The second-order valence-corrected chi connectivity index (χ2v) is 9.28. The van der Waals surface area contributed by atoms with E-state index in [-0.39, 0.29) is 22.9 Å². The molecule has 7 nitrogen and oxygen atoms in total. The molecule has 0 fully saturated rings. The van der Waals surface area contributed by atoms with E-state index in [9.17, 15) is 13.2 Å². The van der Waals surface area contributed by atoms with Crippen LogP contribution >= 0.6 is 0 Å². The molecule has 0 saturated heterocycles. The molecule has 0 unspecified atom stereocenters. The van der Waals surface area contributed by atoms with E-state index in [1.807, 2.05) is 36.4 Å². The lowest BCUT2D eigenvalue weighted by molar-refractivity contribution is 0.0950. The van der Waals surface area contributed by atoms with Crippen LogP contribution in [0.1, 0.15) is 21.5 Å². The van der Waals surface area contributed by atoms with Crippen LogP contribution in [-0.4, -0.2) is 19.3 Å². The van der Waals surface area contributed by atoms with Gasteiger partial charge in [0.15, 0.2) is 0 Å². The highest BCUT2D eigenvalue weighted by atomic mass is 32.2. The SMILES string of the molecule is O=C(NCc1cccnc1)c1cc(NCc2ccccc2)cc(S(=O)(=O)Nc2ccccc2)c1.